The Hall–Kier alpha value is -2.12. The molecule has 2 aromatic rings. The molecule has 0 unspecified atom stereocenters. The number of hydrogen-bond acceptors (Lipinski definition) is 5. The van der Waals surface area contributed by atoms with Crippen molar-refractivity contribution in [2.45, 2.75) is 31.8 Å². The summed E-state index contributed by atoms with van der Waals surface area (Å²) >= 11 is 6.07. The van der Waals surface area contributed by atoms with E-state index in [1.54, 1.807) is 0 Å². The second-order valence-electron chi connectivity index (χ2n) is 9.66. The average molecular weight is 485 g/mol. The van der Waals surface area contributed by atoms with E-state index in [-0.39, 0.29) is 5.91 Å². The summed E-state index contributed by atoms with van der Waals surface area (Å²) in [6.45, 7) is 6.59. The first kappa shape index (κ1) is 25.0. The molecule has 0 radical (unpaired) electrons. The molecule has 2 aliphatic rings. The molecule has 2 heterocycles. The van der Waals surface area contributed by atoms with Crippen LogP contribution in [0.15, 0.2) is 48.5 Å². The molecule has 2 fully saturated rings. The van der Waals surface area contributed by atoms with Gasteiger partial charge in [0, 0.05) is 69.1 Å². The molecule has 2 aliphatic heterocycles. The van der Waals surface area contributed by atoms with E-state index >= 15 is 0 Å². The lowest BCUT2D eigenvalue weighted by Crippen LogP contribution is -2.53. The molecule has 0 spiro atoms. The van der Waals surface area contributed by atoms with Crippen LogP contribution in [-0.2, 0) is 16.1 Å². The van der Waals surface area contributed by atoms with Gasteiger partial charge in [-0.05, 0) is 61.2 Å². The van der Waals surface area contributed by atoms with Crippen LogP contribution >= 0.6 is 11.6 Å². The highest BCUT2D eigenvalue weighted by Crippen LogP contribution is 2.28. The third kappa shape index (κ3) is 6.95. The Morgan fingerprint density at radius 2 is 1.88 bits per heavy atom. The van der Waals surface area contributed by atoms with Crippen LogP contribution in [0.4, 0.5) is 11.4 Å². The molecule has 1 N–H and O–H groups in total. The minimum absolute atomic E-state index is 0.0893. The summed E-state index contributed by atoms with van der Waals surface area (Å²) in [4.78, 5) is 20.0. The van der Waals surface area contributed by atoms with E-state index in [0.29, 0.717) is 18.4 Å². The molecule has 2 aromatic carbocycles. The number of morpholine rings is 1. The molecule has 7 heteroatoms. The van der Waals surface area contributed by atoms with Crippen LogP contribution in [0.5, 0.6) is 0 Å². The molecule has 34 heavy (non-hydrogen) atoms. The molecule has 4 rings (SSSR count). The largest absolute Gasteiger partial charge is 0.379 e. The Labute approximate surface area is 208 Å². The Bertz CT molecular complexity index is 930. The van der Waals surface area contributed by atoms with Crippen molar-refractivity contribution >= 4 is 28.9 Å². The fourth-order valence-electron chi connectivity index (χ4n) is 5.16. The van der Waals surface area contributed by atoms with Crippen molar-refractivity contribution in [1.82, 2.24) is 9.80 Å². The number of amides is 1. The number of hydrogen-bond donors (Lipinski definition) is 1. The number of carbonyl (C=O) groups excluding carboxylic acids is 1. The molecular weight excluding hydrogens is 448 g/mol. The predicted molar refractivity (Wildman–Crippen MR) is 140 cm³/mol. The number of carbonyl (C=O) groups is 1. The number of rotatable bonds is 8. The topological polar surface area (TPSA) is 48.1 Å². The van der Waals surface area contributed by atoms with Crippen LogP contribution < -0.4 is 10.2 Å². The van der Waals surface area contributed by atoms with Crippen molar-refractivity contribution in [3.05, 3.63) is 59.1 Å². The second-order valence-corrected chi connectivity index (χ2v) is 10.1. The van der Waals surface area contributed by atoms with Gasteiger partial charge >= 0.3 is 0 Å². The normalized spacial score (nSPS) is 21.9. The zero-order valence-electron chi connectivity index (χ0n) is 20.4. The van der Waals surface area contributed by atoms with Crippen LogP contribution in [-0.4, -0.2) is 75.2 Å². The Kier molecular flexibility index (Phi) is 8.84. The van der Waals surface area contributed by atoms with Gasteiger partial charge in [0.05, 0.1) is 13.2 Å². The summed E-state index contributed by atoms with van der Waals surface area (Å²) in [7, 11) is 4.01. The first-order valence-electron chi connectivity index (χ1n) is 12.3. The van der Waals surface area contributed by atoms with Crippen molar-refractivity contribution in [3.63, 3.8) is 0 Å². The lowest BCUT2D eigenvalue weighted by molar-refractivity contribution is -0.116. The minimum Gasteiger partial charge on any atom is -0.379 e. The average Bonchev–Trinajstić information content (AvgIpc) is 2.85. The minimum atomic E-state index is 0.0893. The van der Waals surface area contributed by atoms with Gasteiger partial charge in [0.15, 0.2) is 0 Å². The van der Waals surface area contributed by atoms with E-state index in [1.807, 2.05) is 55.4 Å². The Morgan fingerprint density at radius 3 is 2.62 bits per heavy atom. The summed E-state index contributed by atoms with van der Waals surface area (Å²) in [5, 5.41) is 3.88. The van der Waals surface area contributed by atoms with Crippen molar-refractivity contribution in [2.24, 2.45) is 5.92 Å². The van der Waals surface area contributed by atoms with Gasteiger partial charge in [0.25, 0.3) is 0 Å². The second kappa shape index (κ2) is 12.0. The number of nitrogens with zero attached hydrogens (tertiary/aromatic N) is 3. The fraction of sp³-hybridized carbons (Fsp3) is 0.519. The number of halogens is 1. The predicted octanol–water partition coefficient (Wildman–Crippen LogP) is 4.35. The van der Waals surface area contributed by atoms with Crippen LogP contribution in [0.25, 0.3) is 0 Å². The maximum atomic E-state index is 12.8. The standard InChI is InChI=1S/C27H37ClN4O2/c1-30(2)25-5-3-4-24(18-25)29-27(33)11-8-22-20-31(19-21-6-9-23(28)10-7-21)13-12-26(22)32-14-16-34-17-15-32/h3-7,9-10,18,22,26H,8,11-17,19-20H2,1-2H3,(H,29,33)/t22-,26+/m0/s1. The van der Waals surface area contributed by atoms with E-state index in [9.17, 15) is 4.79 Å². The molecule has 0 bridgehead atoms. The van der Waals surface area contributed by atoms with Gasteiger partial charge < -0.3 is 15.0 Å². The smallest absolute Gasteiger partial charge is 0.224 e. The summed E-state index contributed by atoms with van der Waals surface area (Å²) in [5.41, 5.74) is 3.22. The Morgan fingerprint density at radius 1 is 1.12 bits per heavy atom. The highest BCUT2D eigenvalue weighted by atomic mass is 35.5. The van der Waals surface area contributed by atoms with Crippen molar-refractivity contribution < 1.29 is 9.53 Å². The summed E-state index contributed by atoms with van der Waals surface area (Å²) in [6, 6.07) is 16.7. The first-order chi connectivity index (χ1) is 16.5. The third-order valence-electron chi connectivity index (χ3n) is 7.00. The van der Waals surface area contributed by atoms with E-state index < -0.39 is 0 Å². The van der Waals surface area contributed by atoms with Gasteiger partial charge in [-0.3, -0.25) is 14.6 Å². The van der Waals surface area contributed by atoms with Gasteiger partial charge in [-0.1, -0.05) is 29.8 Å². The lowest BCUT2D eigenvalue weighted by Gasteiger charge is -2.45. The van der Waals surface area contributed by atoms with E-state index in [4.69, 9.17) is 16.3 Å². The van der Waals surface area contributed by atoms with Crippen molar-refractivity contribution in [3.8, 4) is 0 Å². The molecule has 0 aliphatic carbocycles. The molecule has 2 atom stereocenters. The molecule has 6 nitrogen and oxygen atoms in total. The molecular formula is C27H37ClN4O2. The van der Waals surface area contributed by atoms with Gasteiger partial charge in [0.1, 0.15) is 0 Å². The number of likely N-dealkylation sites (tertiary alicyclic amines) is 1. The molecule has 184 valence electrons. The molecule has 0 aromatic heterocycles. The summed E-state index contributed by atoms with van der Waals surface area (Å²) in [5.74, 6) is 0.546. The van der Waals surface area contributed by atoms with Crippen molar-refractivity contribution in [1.29, 1.82) is 0 Å². The zero-order valence-corrected chi connectivity index (χ0v) is 21.1. The number of ether oxygens (including phenoxy) is 1. The summed E-state index contributed by atoms with van der Waals surface area (Å²) in [6.07, 6.45) is 2.55. The van der Waals surface area contributed by atoms with Crippen LogP contribution in [0.2, 0.25) is 5.02 Å². The highest BCUT2D eigenvalue weighted by Gasteiger charge is 2.34. The molecule has 0 saturated carbocycles. The van der Waals surface area contributed by atoms with Gasteiger partial charge in [-0.2, -0.15) is 0 Å². The van der Waals surface area contributed by atoms with E-state index in [1.165, 1.54) is 5.56 Å². The van der Waals surface area contributed by atoms with Gasteiger partial charge in [-0.15, -0.1) is 0 Å². The first-order valence-corrected chi connectivity index (χ1v) is 12.7. The highest BCUT2D eigenvalue weighted by molar-refractivity contribution is 6.30. The monoisotopic (exact) mass is 484 g/mol. The molecule has 2 saturated heterocycles. The summed E-state index contributed by atoms with van der Waals surface area (Å²) < 4.78 is 5.60. The number of anilines is 2. The van der Waals surface area contributed by atoms with E-state index in [2.05, 4.69) is 27.2 Å². The maximum Gasteiger partial charge on any atom is 0.224 e. The zero-order chi connectivity index (χ0) is 23.9. The Balaban J connectivity index is 1.37. The third-order valence-corrected chi connectivity index (χ3v) is 7.25. The van der Waals surface area contributed by atoms with Crippen LogP contribution in [0, 0.1) is 5.92 Å². The van der Waals surface area contributed by atoms with Crippen molar-refractivity contribution in [2.75, 3.05) is 63.7 Å². The fourth-order valence-corrected chi connectivity index (χ4v) is 5.29. The number of piperidine rings is 1. The maximum absolute atomic E-state index is 12.8. The van der Waals surface area contributed by atoms with Gasteiger partial charge in [-0.25, -0.2) is 0 Å². The van der Waals surface area contributed by atoms with Crippen LogP contribution in [0.3, 0.4) is 0 Å². The number of benzene rings is 2. The number of nitrogens with one attached hydrogen (secondary N) is 1. The lowest BCUT2D eigenvalue weighted by atomic mass is 9.86. The van der Waals surface area contributed by atoms with E-state index in [0.717, 1.165) is 75.2 Å². The quantitative estimate of drug-likeness (QED) is 0.603. The molecule has 1 amide bonds. The van der Waals surface area contributed by atoms with Crippen LogP contribution in [0.1, 0.15) is 24.8 Å². The SMILES string of the molecule is CN(C)c1cccc(NC(=O)CC[C@H]2CN(Cc3ccc(Cl)cc3)CC[C@H]2N2CCOCC2)c1. The van der Waals surface area contributed by atoms with Gasteiger partial charge in [0.2, 0.25) is 5.91 Å².